The molecule has 1 unspecified atom stereocenters. The van der Waals surface area contributed by atoms with E-state index in [1.807, 2.05) is 6.07 Å². The Morgan fingerprint density at radius 1 is 1.30 bits per heavy atom. The molecule has 2 aromatic rings. The van der Waals surface area contributed by atoms with Crippen LogP contribution in [0.2, 0.25) is 0 Å². The van der Waals surface area contributed by atoms with Crippen molar-refractivity contribution in [3.8, 4) is 5.75 Å². The van der Waals surface area contributed by atoms with Crippen LogP contribution in [0.4, 0.5) is 4.39 Å². The number of rotatable bonds is 1. The fraction of sp³-hybridized carbons (Fsp3) is 0.214. The Kier molecular flexibility index (Phi) is 3.79. The van der Waals surface area contributed by atoms with Gasteiger partial charge < -0.3 is 9.84 Å². The van der Waals surface area contributed by atoms with Crippen molar-refractivity contribution < 1.29 is 14.2 Å². The van der Waals surface area contributed by atoms with E-state index in [0.717, 1.165) is 8.95 Å². The van der Waals surface area contributed by atoms with Gasteiger partial charge in [-0.1, -0.05) is 0 Å². The molecule has 0 amide bonds. The third-order valence-electron chi connectivity index (χ3n) is 3.18. The van der Waals surface area contributed by atoms with Crippen LogP contribution in [0.3, 0.4) is 0 Å². The second kappa shape index (κ2) is 5.42. The van der Waals surface area contributed by atoms with Crippen LogP contribution >= 0.6 is 31.9 Å². The van der Waals surface area contributed by atoms with Crippen molar-refractivity contribution in [1.29, 1.82) is 0 Å². The lowest BCUT2D eigenvalue weighted by Gasteiger charge is -2.29. The smallest absolute Gasteiger partial charge is 0.144 e. The van der Waals surface area contributed by atoms with E-state index in [-0.39, 0.29) is 5.82 Å². The highest BCUT2D eigenvalue weighted by Crippen LogP contribution is 2.42. The Bertz CT molecular complexity index is 666. The van der Waals surface area contributed by atoms with E-state index in [0.29, 0.717) is 23.4 Å². The van der Waals surface area contributed by atoms with E-state index < -0.39 is 12.2 Å². The number of aliphatic hydroxyl groups is 1. The first-order valence-corrected chi connectivity index (χ1v) is 7.58. The average molecular weight is 403 g/mol. The molecule has 1 aliphatic rings. The van der Waals surface area contributed by atoms with Crippen molar-refractivity contribution in [3.05, 3.63) is 56.5 Å². The molecule has 104 valence electrons. The monoisotopic (exact) mass is 401 g/mol. The van der Waals surface area contributed by atoms with E-state index in [2.05, 4.69) is 36.8 Å². The highest BCUT2D eigenvalue weighted by atomic mass is 79.9. The molecule has 0 aliphatic carbocycles. The van der Waals surface area contributed by atoms with Gasteiger partial charge in [-0.2, -0.15) is 0 Å². The number of benzene rings is 1. The van der Waals surface area contributed by atoms with Crippen LogP contribution in [0.1, 0.15) is 29.9 Å². The molecule has 0 spiro atoms. The molecule has 2 atom stereocenters. The minimum Gasteiger partial charge on any atom is -0.483 e. The molecule has 3 rings (SSSR count). The lowest BCUT2D eigenvalue weighted by atomic mass is 9.97. The maximum absolute atomic E-state index is 13.3. The summed E-state index contributed by atoms with van der Waals surface area (Å²) in [5.74, 6) is -0.0233. The number of hydrogen-bond acceptors (Lipinski definition) is 3. The molecule has 2 heterocycles. The number of fused-ring (bicyclic) bond motifs is 1. The van der Waals surface area contributed by atoms with E-state index in [1.165, 1.54) is 12.1 Å². The number of hydrogen-bond donors (Lipinski definition) is 1. The Balaban J connectivity index is 1.98. The summed E-state index contributed by atoms with van der Waals surface area (Å²) < 4.78 is 20.7. The van der Waals surface area contributed by atoms with Crippen LogP contribution in [-0.4, -0.2) is 10.1 Å². The molecule has 1 aromatic heterocycles. The van der Waals surface area contributed by atoms with Gasteiger partial charge in [0.2, 0.25) is 0 Å². The molecule has 1 N–H and O–H groups in total. The molecule has 0 saturated carbocycles. The largest absolute Gasteiger partial charge is 0.483 e. The Morgan fingerprint density at radius 3 is 2.85 bits per heavy atom. The van der Waals surface area contributed by atoms with Gasteiger partial charge in [-0.15, -0.1) is 0 Å². The molecule has 0 radical (unpaired) electrons. The van der Waals surface area contributed by atoms with Crippen LogP contribution in [0, 0.1) is 5.82 Å². The van der Waals surface area contributed by atoms with Gasteiger partial charge in [-0.05, 0) is 50.1 Å². The van der Waals surface area contributed by atoms with Crippen molar-refractivity contribution in [3.63, 3.8) is 0 Å². The molecule has 0 fully saturated rings. The van der Waals surface area contributed by atoms with Crippen molar-refractivity contribution in [2.45, 2.75) is 18.6 Å². The van der Waals surface area contributed by atoms with E-state index in [1.54, 1.807) is 12.3 Å². The average Bonchev–Trinajstić information content (AvgIpc) is 2.37. The number of pyridine rings is 1. The van der Waals surface area contributed by atoms with Crippen molar-refractivity contribution >= 4 is 31.9 Å². The van der Waals surface area contributed by atoms with Crippen molar-refractivity contribution in [1.82, 2.24) is 4.98 Å². The fourth-order valence-electron chi connectivity index (χ4n) is 2.25. The van der Waals surface area contributed by atoms with Crippen LogP contribution in [-0.2, 0) is 0 Å². The molecule has 1 aromatic carbocycles. The first-order valence-electron chi connectivity index (χ1n) is 5.99. The topological polar surface area (TPSA) is 42.4 Å². The number of nitrogens with zero attached hydrogens (tertiary/aromatic N) is 1. The van der Waals surface area contributed by atoms with Gasteiger partial charge >= 0.3 is 0 Å². The summed E-state index contributed by atoms with van der Waals surface area (Å²) >= 11 is 6.76. The van der Waals surface area contributed by atoms with Crippen LogP contribution < -0.4 is 4.74 Å². The maximum Gasteiger partial charge on any atom is 0.144 e. The quantitative estimate of drug-likeness (QED) is 0.773. The summed E-state index contributed by atoms with van der Waals surface area (Å²) in [6.45, 7) is 0. The zero-order valence-electron chi connectivity index (χ0n) is 10.2. The first-order chi connectivity index (χ1) is 9.54. The van der Waals surface area contributed by atoms with Crippen molar-refractivity contribution in [2.24, 2.45) is 0 Å². The van der Waals surface area contributed by atoms with Gasteiger partial charge in [-0.3, -0.25) is 4.98 Å². The van der Waals surface area contributed by atoms with Gasteiger partial charge in [0.25, 0.3) is 0 Å². The molecule has 0 saturated heterocycles. The zero-order chi connectivity index (χ0) is 14.3. The molecular formula is C14H10Br2FNO2. The lowest BCUT2D eigenvalue weighted by molar-refractivity contribution is 0.0629. The number of halogens is 3. The second-order valence-electron chi connectivity index (χ2n) is 4.56. The van der Waals surface area contributed by atoms with Gasteiger partial charge in [0, 0.05) is 33.2 Å². The first kappa shape index (κ1) is 14.0. The molecule has 0 bridgehead atoms. The Labute approximate surface area is 132 Å². The molecule has 20 heavy (non-hydrogen) atoms. The Morgan fingerprint density at radius 2 is 2.10 bits per heavy atom. The summed E-state index contributed by atoms with van der Waals surface area (Å²) in [7, 11) is 0. The van der Waals surface area contributed by atoms with Gasteiger partial charge in [0.1, 0.15) is 17.7 Å². The number of aromatic nitrogens is 1. The third-order valence-corrected chi connectivity index (χ3v) is 4.25. The number of aliphatic hydroxyl groups excluding tert-OH is 1. The predicted molar refractivity (Wildman–Crippen MR) is 79.0 cm³/mol. The second-order valence-corrected chi connectivity index (χ2v) is 6.33. The number of ether oxygens (including phenoxy) is 1. The van der Waals surface area contributed by atoms with Gasteiger partial charge in [0.15, 0.2) is 0 Å². The van der Waals surface area contributed by atoms with Crippen LogP contribution in [0.15, 0.2) is 39.4 Å². The highest BCUT2D eigenvalue weighted by Gasteiger charge is 2.30. The maximum atomic E-state index is 13.3. The SMILES string of the molecule is O[C@H]1CC(c2ncc(Br)cc2Br)Oc2cc(F)ccc21. The minimum absolute atomic E-state index is 0.366. The standard InChI is InChI=1S/C14H10Br2FNO2/c15-7-3-10(16)14(18-6-7)13-5-11(19)9-2-1-8(17)4-12(9)20-13/h1-4,6,11,13,19H,5H2/t11-,13?/m0/s1. The van der Waals surface area contributed by atoms with Crippen LogP contribution in [0.25, 0.3) is 0 Å². The zero-order valence-corrected chi connectivity index (χ0v) is 13.4. The predicted octanol–water partition coefficient (Wildman–Crippen LogP) is 4.30. The van der Waals surface area contributed by atoms with E-state index in [4.69, 9.17) is 4.74 Å². The van der Waals surface area contributed by atoms with E-state index in [9.17, 15) is 9.50 Å². The minimum atomic E-state index is -0.693. The fourth-order valence-corrected chi connectivity index (χ4v) is 3.49. The Hall–Kier alpha value is -0.980. The van der Waals surface area contributed by atoms with Crippen molar-refractivity contribution in [2.75, 3.05) is 0 Å². The summed E-state index contributed by atoms with van der Waals surface area (Å²) in [6, 6.07) is 6.02. The lowest BCUT2D eigenvalue weighted by Crippen LogP contribution is -2.20. The highest BCUT2D eigenvalue weighted by molar-refractivity contribution is 9.11. The van der Waals surface area contributed by atoms with Crippen LogP contribution in [0.5, 0.6) is 5.75 Å². The third kappa shape index (κ3) is 2.60. The van der Waals surface area contributed by atoms with Gasteiger partial charge in [0.05, 0.1) is 11.8 Å². The molecular weight excluding hydrogens is 393 g/mol. The normalized spacial score (nSPS) is 21.2. The summed E-state index contributed by atoms with van der Waals surface area (Å²) in [4.78, 5) is 4.31. The summed E-state index contributed by atoms with van der Waals surface area (Å²) in [5, 5.41) is 10.2. The van der Waals surface area contributed by atoms with E-state index >= 15 is 0 Å². The van der Waals surface area contributed by atoms with Gasteiger partial charge in [-0.25, -0.2) is 4.39 Å². The molecule has 6 heteroatoms. The summed E-state index contributed by atoms with van der Waals surface area (Å²) in [5.41, 5.74) is 1.29. The molecule has 3 nitrogen and oxygen atoms in total. The molecule has 1 aliphatic heterocycles. The summed E-state index contributed by atoms with van der Waals surface area (Å²) in [6.07, 6.45) is 0.937.